The molecule has 0 unspecified atom stereocenters. The highest BCUT2D eigenvalue weighted by Crippen LogP contribution is 2.26. The van der Waals surface area contributed by atoms with Gasteiger partial charge in [-0.05, 0) is 44.7 Å². The zero-order valence-corrected chi connectivity index (χ0v) is 18.5. The van der Waals surface area contributed by atoms with E-state index in [0.717, 1.165) is 22.2 Å². The minimum absolute atomic E-state index is 0.00794. The van der Waals surface area contributed by atoms with E-state index < -0.39 is 6.04 Å². The van der Waals surface area contributed by atoms with Crippen LogP contribution in [-0.4, -0.2) is 69.6 Å². The van der Waals surface area contributed by atoms with Gasteiger partial charge in [0.05, 0.1) is 13.0 Å². The fourth-order valence-electron chi connectivity index (χ4n) is 3.93. The molecule has 1 atom stereocenters. The summed E-state index contributed by atoms with van der Waals surface area (Å²) < 4.78 is 4.66. The lowest BCUT2D eigenvalue weighted by Crippen LogP contribution is -2.58. The molecule has 164 valence electrons. The first-order valence-corrected chi connectivity index (χ1v) is 10.5. The molecule has 4 rings (SSSR count). The summed E-state index contributed by atoms with van der Waals surface area (Å²) in [5.41, 5.74) is 4.08. The van der Waals surface area contributed by atoms with Gasteiger partial charge in [-0.15, -0.1) is 0 Å². The molecule has 0 spiro atoms. The molecule has 3 heterocycles. The molecule has 2 aromatic heterocycles. The maximum absolute atomic E-state index is 13.1. The Morgan fingerprint density at radius 3 is 2.84 bits per heavy atom. The Bertz CT molecular complexity index is 1120. The topological polar surface area (TPSA) is 107 Å². The monoisotopic (exact) mass is 444 g/mol. The number of benzene rings is 1. The van der Waals surface area contributed by atoms with Gasteiger partial charge in [0, 0.05) is 41.3 Å². The predicted octanol–water partition coefficient (Wildman–Crippen LogP) is 1.82. The number of hydrogen-bond acceptors (Lipinski definition) is 6. The van der Waals surface area contributed by atoms with Crippen LogP contribution in [0.15, 0.2) is 22.8 Å². The van der Waals surface area contributed by atoms with Crippen molar-refractivity contribution in [2.75, 3.05) is 26.7 Å². The van der Waals surface area contributed by atoms with Crippen molar-refractivity contribution in [3.05, 3.63) is 45.9 Å². The van der Waals surface area contributed by atoms with E-state index in [-0.39, 0.29) is 24.8 Å². The number of aromatic amines is 1. The SMILES string of the molecule is Cc1nonc1CNC(=O)[C@@H]1CN(C(=O)Cc2c(C)[nH]c3ccc(Cl)cc23)CCN1C. The molecule has 2 amide bonds. The van der Waals surface area contributed by atoms with Crippen LogP contribution in [0.5, 0.6) is 0 Å². The van der Waals surface area contributed by atoms with Crippen LogP contribution >= 0.6 is 11.6 Å². The molecule has 31 heavy (non-hydrogen) atoms. The van der Waals surface area contributed by atoms with Crippen LogP contribution in [0.3, 0.4) is 0 Å². The summed E-state index contributed by atoms with van der Waals surface area (Å²) in [5.74, 6) is -0.163. The van der Waals surface area contributed by atoms with E-state index in [4.69, 9.17) is 11.6 Å². The number of halogens is 1. The quantitative estimate of drug-likeness (QED) is 0.621. The number of nitrogens with one attached hydrogen (secondary N) is 2. The lowest BCUT2D eigenvalue weighted by atomic mass is 10.1. The Morgan fingerprint density at radius 2 is 2.10 bits per heavy atom. The van der Waals surface area contributed by atoms with Crippen molar-refractivity contribution >= 4 is 34.3 Å². The molecule has 0 aliphatic carbocycles. The van der Waals surface area contributed by atoms with Gasteiger partial charge in [-0.25, -0.2) is 4.63 Å². The summed E-state index contributed by atoms with van der Waals surface area (Å²) in [7, 11) is 1.89. The second-order valence-corrected chi connectivity index (χ2v) is 8.38. The number of aryl methyl sites for hydroxylation is 2. The normalized spacial score (nSPS) is 17.3. The van der Waals surface area contributed by atoms with Crippen LogP contribution in [-0.2, 0) is 22.6 Å². The fourth-order valence-corrected chi connectivity index (χ4v) is 4.10. The van der Waals surface area contributed by atoms with Gasteiger partial charge in [0.1, 0.15) is 17.4 Å². The lowest BCUT2D eigenvalue weighted by molar-refractivity contribution is -0.137. The first-order chi connectivity index (χ1) is 14.8. The molecule has 3 aromatic rings. The molecule has 1 saturated heterocycles. The summed E-state index contributed by atoms with van der Waals surface area (Å²) in [4.78, 5) is 32.9. The zero-order valence-electron chi connectivity index (χ0n) is 17.7. The second-order valence-electron chi connectivity index (χ2n) is 7.95. The second kappa shape index (κ2) is 8.68. The number of nitrogens with zero attached hydrogens (tertiary/aromatic N) is 4. The van der Waals surface area contributed by atoms with Crippen LogP contribution < -0.4 is 5.32 Å². The molecule has 0 radical (unpaired) electrons. The Morgan fingerprint density at radius 1 is 1.29 bits per heavy atom. The van der Waals surface area contributed by atoms with Crippen molar-refractivity contribution in [1.82, 2.24) is 30.4 Å². The number of amides is 2. The van der Waals surface area contributed by atoms with Crippen molar-refractivity contribution in [3.8, 4) is 0 Å². The minimum atomic E-state index is -0.434. The highest BCUT2D eigenvalue weighted by Gasteiger charge is 2.32. The molecule has 2 N–H and O–H groups in total. The van der Waals surface area contributed by atoms with E-state index in [0.29, 0.717) is 36.0 Å². The van der Waals surface area contributed by atoms with Gasteiger partial charge in [-0.1, -0.05) is 21.9 Å². The molecule has 1 aliphatic heterocycles. The third kappa shape index (κ3) is 4.42. The van der Waals surface area contributed by atoms with Crippen LogP contribution in [0.1, 0.15) is 22.6 Å². The fraction of sp³-hybridized carbons (Fsp3) is 0.429. The summed E-state index contributed by atoms with van der Waals surface area (Å²) in [6, 6.07) is 5.19. The standard InChI is InChI=1S/C21H25ClN6O3/c1-12-15(16-8-14(22)4-5-17(16)24-12)9-20(29)28-7-6-27(3)19(11-28)21(30)23-10-18-13(2)25-31-26-18/h4-5,8,19,24H,6-7,9-11H2,1-3H3,(H,23,30)/t19-/m0/s1. The predicted molar refractivity (Wildman–Crippen MR) is 116 cm³/mol. The molecule has 0 saturated carbocycles. The number of aromatic nitrogens is 3. The number of carbonyl (C=O) groups is 2. The molecule has 1 aromatic carbocycles. The van der Waals surface area contributed by atoms with Crippen molar-refractivity contribution in [3.63, 3.8) is 0 Å². The van der Waals surface area contributed by atoms with Crippen molar-refractivity contribution in [2.24, 2.45) is 0 Å². The zero-order chi connectivity index (χ0) is 22.1. The summed E-state index contributed by atoms with van der Waals surface area (Å²) in [5, 5.41) is 12.0. The highest BCUT2D eigenvalue weighted by atomic mass is 35.5. The van der Waals surface area contributed by atoms with Gasteiger partial charge < -0.3 is 15.2 Å². The summed E-state index contributed by atoms with van der Waals surface area (Å²) >= 11 is 6.16. The summed E-state index contributed by atoms with van der Waals surface area (Å²) in [6.45, 7) is 5.49. The van der Waals surface area contributed by atoms with Crippen LogP contribution in [0.25, 0.3) is 10.9 Å². The third-order valence-corrected chi connectivity index (χ3v) is 6.12. The van der Waals surface area contributed by atoms with Gasteiger partial charge in [-0.3, -0.25) is 14.5 Å². The number of hydrogen-bond donors (Lipinski definition) is 2. The van der Waals surface area contributed by atoms with Crippen LogP contribution in [0.2, 0.25) is 5.02 Å². The van der Waals surface area contributed by atoms with Gasteiger partial charge in [0.15, 0.2) is 0 Å². The molecular formula is C21H25ClN6O3. The molecule has 10 heteroatoms. The number of piperazine rings is 1. The van der Waals surface area contributed by atoms with E-state index in [1.54, 1.807) is 11.8 Å². The first kappa shape index (κ1) is 21.3. The van der Waals surface area contributed by atoms with E-state index in [1.165, 1.54) is 0 Å². The van der Waals surface area contributed by atoms with Crippen LogP contribution in [0.4, 0.5) is 0 Å². The number of carbonyl (C=O) groups excluding carboxylic acids is 2. The van der Waals surface area contributed by atoms with Gasteiger partial charge in [0.25, 0.3) is 0 Å². The largest absolute Gasteiger partial charge is 0.358 e. The van der Waals surface area contributed by atoms with E-state index in [1.807, 2.05) is 37.1 Å². The third-order valence-electron chi connectivity index (χ3n) is 5.89. The maximum atomic E-state index is 13.1. The van der Waals surface area contributed by atoms with E-state index in [2.05, 4.69) is 25.2 Å². The molecular weight excluding hydrogens is 420 g/mol. The minimum Gasteiger partial charge on any atom is -0.358 e. The first-order valence-electron chi connectivity index (χ1n) is 10.1. The maximum Gasteiger partial charge on any atom is 0.239 e. The lowest BCUT2D eigenvalue weighted by Gasteiger charge is -2.38. The highest BCUT2D eigenvalue weighted by molar-refractivity contribution is 6.31. The summed E-state index contributed by atoms with van der Waals surface area (Å²) in [6.07, 6.45) is 0.258. The number of rotatable bonds is 5. The molecule has 0 bridgehead atoms. The Balaban J connectivity index is 1.43. The number of H-pyrrole nitrogens is 1. The van der Waals surface area contributed by atoms with Crippen molar-refractivity contribution in [2.45, 2.75) is 32.9 Å². The van der Waals surface area contributed by atoms with Crippen molar-refractivity contribution < 1.29 is 14.2 Å². The van der Waals surface area contributed by atoms with E-state index in [9.17, 15) is 9.59 Å². The van der Waals surface area contributed by atoms with Crippen molar-refractivity contribution in [1.29, 1.82) is 0 Å². The molecule has 1 fully saturated rings. The smallest absolute Gasteiger partial charge is 0.239 e. The number of fused-ring (bicyclic) bond motifs is 1. The van der Waals surface area contributed by atoms with Gasteiger partial charge >= 0.3 is 0 Å². The Kier molecular flexibility index (Phi) is 5.97. The average Bonchev–Trinajstić information content (AvgIpc) is 3.29. The van der Waals surface area contributed by atoms with Gasteiger partial charge in [-0.2, -0.15) is 0 Å². The Hall–Kier alpha value is -2.91. The average molecular weight is 445 g/mol. The number of likely N-dealkylation sites (N-methyl/N-ethyl adjacent to an activating group) is 1. The Labute approximate surface area is 184 Å². The molecule has 1 aliphatic rings. The van der Waals surface area contributed by atoms with E-state index >= 15 is 0 Å². The van der Waals surface area contributed by atoms with Gasteiger partial charge in [0.2, 0.25) is 11.8 Å². The molecule has 9 nitrogen and oxygen atoms in total. The van der Waals surface area contributed by atoms with Crippen LogP contribution in [0, 0.1) is 13.8 Å².